The van der Waals surface area contributed by atoms with Crippen molar-refractivity contribution in [2.24, 2.45) is 0 Å². The van der Waals surface area contributed by atoms with Gasteiger partial charge in [0.1, 0.15) is 23.8 Å². The van der Waals surface area contributed by atoms with Gasteiger partial charge in [-0.05, 0) is 68.5 Å². The quantitative estimate of drug-likeness (QED) is 0.842. The molecule has 134 valence electrons. The summed E-state index contributed by atoms with van der Waals surface area (Å²) >= 11 is 0. The minimum atomic E-state index is -0.541. The van der Waals surface area contributed by atoms with Crippen LogP contribution in [0.25, 0.3) is 0 Å². The van der Waals surface area contributed by atoms with E-state index in [1.165, 1.54) is 6.07 Å². The maximum atomic E-state index is 13.2. The highest BCUT2D eigenvalue weighted by Crippen LogP contribution is 2.26. The zero-order valence-electron chi connectivity index (χ0n) is 14.6. The number of benzene rings is 2. The standard InChI is InChI=1S/C21H26FNO2/c1-15-6-2-3-10-19(15)25-20-11-5-9-18(21(20)24)23-13-12-16-7-4-8-17(22)14-16/h2-4,6-8,10,14,18,20-21,23-24H,5,9,11-13H2,1H3/t18-,20+,21+/m0/s1. The van der Waals surface area contributed by atoms with Crippen molar-refractivity contribution in [2.75, 3.05) is 6.54 Å². The third kappa shape index (κ3) is 4.80. The molecule has 0 radical (unpaired) electrons. The van der Waals surface area contributed by atoms with Crippen molar-refractivity contribution in [3.63, 3.8) is 0 Å². The molecule has 1 saturated carbocycles. The minimum Gasteiger partial charge on any atom is -0.487 e. The molecular formula is C21H26FNO2. The first-order chi connectivity index (χ1) is 12.1. The molecule has 0 heterocycles. The Hall–Kier alpha value is -1.91. The molecule has 0 unspecified atom stereocenters. The summed E-state index contributed by atoms with van der Waals surface area (Å²) in [5.74, 6) is 0.633. The number of aryl methyl sites for hydroxylation is 1. The van der Waals surface area contributed by atoms with Gasteiger partial charge in [-0.1, -0.05) is 30.3 Å². The van der Waals surface area contributed by atoms with Crippen LogP contribution < -0.4 is 10.1 Å². The maximum absolute atomic E-state index is 13.2. The molecule has 4 heteroatoms. The Kier molecular flexibility index (Phi) is 6.05. The first-order valence-electron chi connectivity index (χ1n) is 9.01. The van der Waals surface area contributed by atoms with Crippen molar-refractivity contribution in [1.82, 2.24) is 5.32 Å². The van der Waals surface area contributed by atoms with Gasteiger partial charge in [-0.3, -0.25) is 0 Å². The maximum Gasteiger partial charge on any atom is 0.126 e. The lowest BCUT2D eigenvalue weighted by Gasteiger charge is -2.35. The molecule has 0 aliphatic heterocycles. The molecule has 1 fully saturated rings. The Morgan fingerprint density at radius 3 is 2.80 bits per heavy atom. The number of aliphatic hydroxyl groups is 1. The van der Waals surface area contributed by atoms with Crippen LogP contribution in [-0.4, -0.2) is 29.9 Å². The third-order valence-corrected chi connectivity index (χ3v) is 4.88. The van der Waals surface area contributed by atoms with E-state index in [0.29, 0.717) is 6.54 Å². The molecule has 1 aliphatic carbocycles. The number of halogens is 1. The first-order valence-corrected chi connectivity index (χ1v) is 9.01. The van der Waals surface area contributed by atoms with E-state index < -0.39 is 6.10 Å². The lowest BCUT2D eigenvalue weighted by atomic mass is 9.89. The summed E-state index contributed by atoms with van der Waals surface area (Å²) in [6.07, 6.45) is 2.81. The van der Waals surface area contributed by atoms with Gasteiger partial charge in [0, 0.05) is 6.04 Å². The summed E-state index contributed by atoms with van der Waals surface area (Å²) in [5, 5.41) is 14.1. The lowest BCUT2D eigenvalue weighted by molar-refractivity contribution is -0.0154. The molecule has 3 rings (SSSR count). The predicted molar refractivity (Wildman–Crippen MR) is 97.3 cm³/mol. The highest BCUT2D eigenvalue weighted by Gasteiger charge is 2.33. The predicted octanol–water partition coefficient (Wildman–Crippen LogP) is 3.63. The first kappa shape index (κ1) is 17.9. The highest BCUT2D eigenvalue weighted by atomic mass is 19.1. The lowest BCUT2D eigenvalue weighted by Crippen LogP contribution is -2.51. The van der Waals surface area contributed by atoms with E-state index in [9.17, 15) is 9.50 Å². The van der Waals surface area contributed by atoms with E-state index >= 15 is 0 Å². The molecule has 2 N–H and O–H groups in total. The average Bonchev–Trinajstić information content (AvgIpc) is 2.60. The van der Waals surface area contributed by atoms with Crippen molar-refractivity contribution < 1.29 is 14.2 Å². The molecule has 0 saturated heterocycles. The third-order valence-electron chi connectivity index (χ3n) is 4.88. The molecule has 3 nitrogen and oxygen atoms in total. The largest absolute Gasteiger partial charge is 0.487 e. The smallest absolute Gasteiger partial charge is 0.126 e. The minimum absolute atomic E-state index is 0.0105. The molecule has 2 aromatic carbocycles. The summed E-state index contributed by atoms with van der Waals surface area (Å²) in [6.45, 7) is 2.72. The van der Waals surface area contributed by atoms with Gasteiger partial charge < -0.3 is 15.2 Å². The van der Waals surface area contributed by atoms with Gasteiger partial charge in [0.15, 0.2) is 0 Å². The van der Waals surface area contributed by atoms with E-state index in [-0.39, 0.29) is 18.0 Å². The summed E-state index contributed by atoms with van der Waals surface area (Å²) in [4.78, 5) is 0. The average molecular weight is 343 g/mol. The monoisotopic (exact) mass is 343 g/mol. The summed E-state index contributed by atoms with van der Waals surface area (Å²) < 4.78 is 19.3. The van der Waals surface area contributed by atoms with Gasteiger partial charge in [-0.25, -0.2) is 4.39 Å². The Balaban J connectivity index is 1.53. The molecule has 0 spiro atoms. The zero-order valence-corrected chi connectivity index (χ0v) is 14.6. The van der Waals surface area contributed by atoms with Crippen LogP contribution in [0.1, 0.15) is 30.4 Å². The van der Waals surface area contributed by atoms with Crippen LogP contribution in [0, 0.1) is 12.7 Å². The molecule has 1 aliphatic rings. The van der Waals surface area contributed by atoms with Gasteiger partial charge in [0.2, 0.25) is 0 Å². The van der Waals surface area contributed by atoms with Gasteiger partial charge in [-0.2, -0.15) is 0 Å². The number of para-hydroxylation sites is 1. The number of rotatable bonds is 6. The Bertz CT molecular complexity index is 691. The zero-order chi connectivity index (χ0) is 17.6. The molecule has 3 atom stereocenters. The fourth-order valence-corrected chi connectivity index (χ4v) is 3.44. The molecule has 0 amide bonds. The van der Waals surface area contributed by atoms with Crippen molar-refractivity contribution in [1.29, 1.82) is 0 Å². The fraction of sp³-hybridized carbons (Fsp3) is 0.429. The van der Waals surface area contributed by atoms with E-state index in [2.05, 4.69) is 5.32 Å². The Morgan fingerprint density at radius 2 is 2.00 bits per heavy atom. The van der Waals surface area contributed by atoms with Gasteiger partial charge in [0.25, 0.3) is 0 Å². The SMILES string of the molecule is Cc1ccccc1O[C@@H]1CCC[C@H](NCCc2cccc(F)c2)[C@H]1O. The normalized spacial score (nSPS) is 23.4. The Labute approximate surface area is 148 Å². The summed E-state index contributed by atoms with van der Waals surface area (Å²) in [7, 11) is 0. The van der Waals surface area contributed by atoms with Crippen molar-refractivity contribution >= 4 is 0 Å². The number of ether oxygens (including phenoxy) is 1. The van der Waals surface area contributed by atoms with Crippen LogP contribution >= 0.6 is 0 Å². The van der Waals surface area contributed by atoms with E-state index in [4.69, 9.17) is 4.74 Å². The van der Waals surface area contributed by atoms with Crippen LogP contribution in [0.4, 0.5) is 4.39 Å². The molecule has 2 aromatic rings. The molecule has 0 bridgehead atoms. The van der Waals surface area contributed by atoms with Crippen LogP contribution in [0.15, 0.2) is 48.5 Å². The topological polar surface area (TPSA) is 41.5 Å². The highest BCUT2D eigenvalue weighted by molar-refractivity contribution is 5.32. The number of hydrogen-bond acceptors (Lipinski definition) is 3. The van der Waals surface area contributed by atoms with Gasteiger partial charge in [0.05, 0.1) is 0 Å². The number of aliphatic hydroxyl groups excluding tert-OH is 1. The van der Waals surface area contributed by atoms with Gasteiger partial charge >= 0.3 is 0 Å². The summed E-state index contributed by atoms with van der Waals surface area (Å²) in [5.41, 5.74) is 2.04. The number of nitrogens with one attached hydrogen (secondary N) is 1. The molecule has 25 heavy (non-hydrogen) atoms. The second-order valence-electron chi connectivity index (χ2n) is 6.78. The van der Waals surface area contributed by atoms with E-state index in [0.717, 1.165) is 42.6 Å². The second kappa shape index (κ2) is 8.45. The van der Waals surface area contributed by atoms with E-state index in [1.54, 1.807) is 12.1 Å². The Morgan fingerprint density at radius 1 is 1.16 bits per heavy atom. The van der Waals surface area contributed by atoms with Crippen LogP contribution in [0.3, 0.4) is 0 Å². The summed E-state index contributed by atoms with van der Waals surface area (Å²) in [6, 6.07) is 14.6. The van der Waals surface area contributed by atoms with E-state index in [1.807, 2.05) is 37.3 Å². The molecular weight excluding hydrogens is 317 g/mol. The van der Waals surface area contributed by atoms with Crippen LogP contribution in [0.5, 0.6) is 5.75 Å². The van der Waals surface area contributed by atoms with Crippen molar-refractivity contribution in [3.8, 4) is 5.75 Å². The van der Waals surface area contributed by atoms with Crippen molar-refractivity contribution in [2.45, 2.75) is 50.9 Å². The van der Waals surface area contributed by atoms with Crippen LogP contribution in [0.2, 0.25) is 0 Å². The molecule has 0 aromatic heterocycles. The number of hydrogen-bond donors (Lipinski definition) is 2. The van der Waals surface area contributed by atoms with Crippen molar-refractivity contribution in [3.05, 3.63) is 65.5 Å². The fourth-order valence-electron chi connectivity index (χ4n) is 3.44. The van der Waals surface area contributed by atoms with Crippen LogP contribution in [-0.2, 0) is 6.42 Å². The second-order valence-corrected chi connectivity index (χ2v) is 6.78. The van der Waals surface area contributed by atoms with Gasteiger partial charge in [-0.15, -0.1) is 0 Å².